The Labute approximate surface area is 103 Å². The molecule has 90 valence electrons. The molecule has 16 heavy (non-hydrogen) atoms. The SMILES string of the molecule is CCOCCNS(=O)(=O)c1cncc(Br)c1. The van der Waals surface area contributed by atoms with E-state index < -0.39 is 10.0 Å². The van der Waals surface area contributed by atoms with Gasteiger partial charge in [-0.1, -0.05) is 0 Å². The zero-order chi connectivity index (χ0) is 12.0. The summed E-state index contributed by atoms with van der Waals surface area (Å²) in [5.74, 6) is 0. The predicted octanol–water partition coefficient (Wildman–Crippen LogP) is 1.16. The van der Waals surface area contributed by atoms with E-state index in [1.807, 2.05) is 6.92 Å². The van der Waals surface area contributed by atoms with Gasteiger partial charge < -0.3 is 4.74 Å². The van der Waals surface area contributed by atoms with Gasteiger partial charge in [0.25, 0.3) is 0 Å². The summed E-state index contributed by atoms with van der Waals surface area (Å²) in [6.45, 7) is 3.03. The molecule has 1 aromatic rings. The first-order valence-corrected chi connectivity index (χ1v) is 7.02. The first-order chi connectivity index (χ1) is 7.56. The second-order valence-corrected chi connectivity index (χ2v) is 5.62. The summed E-state index contributed by atoms with van der Waals surface area (Å²) >= 11 is 3.17. The average molecular weight is 309 g/mol. The second kappa shape index (κ2) is 6.29. The third kappa shape index (κ3) is 4.17. The van der Waals surface area contributed by atoms with Crippen molar-refractivity contribution in [3.63, 3.8) is 0 Å². The first-order valence-electron chi connectivity index (χ1n) is 4.74. The van der Waals surface area contributed by atoms with Crippen molar-refractivity contribution in [2.45, 2.75) is 11.8 Å². The van der Waals surface area contributed by atoms with Gasteiger partial charge in [0.2, 0.25) is 10.0 Å². The van der Waals surface area contributed by atoms with Crippen LogP contribution >= 0.6 is 15.9 Å². The van der Waals surface area contributed by atoms with Gasteiger partial charge in [0.15, 0.2) is 0 Å². The fraction of sp³-hybridized carbons (Fsp3) is 0.444. The number of halogens is 1. The molecule has 0 aliphatic rings. The molecule has 1 rings (SSSR count). The van der Waals surface area contributed by atoms with Crippen LogP contribution in [0.4, 0.5) is 0 Å². The molecule has 0 unspecified atom stereocenters. The van der Waals surface area contributed by atoms with Gasteiger partial charge in [0.05, 0.1) is 6.61 Å². The van der Waals surface area contributed by atoms with Crippen LogP contribution in [0.2, 0.25) is 0 Å². The van der Waals surface area contributed by atoms with E-state index in [9.17, 15) is 8.42 Å². The lowest BCUT2D eigenvalue weighted by Gasteiger charge is -2.06. The van der Waals surface area contributed by atoms with E-state index in [1.54, 1.807) is 0 Å². The van der Waals surface area contributed by atoms with Gasteiger partial charge in [-0.05, 0) is 28.9 Å². The number of rotatable bonds is 6. The summed E-state index contributed by atoms with van der Waals surface area (Å²) in [6.07, 6.45) is 2.83. The van der Waals surface area contributed by atoms with E-state index in [1.165, 1.54) is 18.5 Å². The maximum Gasteiger partial charge on any atom is 0.242 e. The molecule has 7 heteroatoms. The molecule has 1 N–H and O–H groups in total. The number of hydrogen-bond acceptors (Lipinski definition) is 4. The van der Waals surface area contributed by atoms with Crippen LogP contribution < -0.4 is 4.72 Å². The van der Waals surface area contributed by atoms with Crippen molar-refractivity contribution in [1.82, 2.24) is 9.71 Å². The minimum absolute atomic E-state index is 0.137. The lowest BCUT2D eigenvalue weighted by Crippen LogP contribution is -2.27. The Balaban J connectivity index is 2.64. The van der Waals surface area contributed by atoms with Gasteiger partial charge in [-0.3, -0.25) is 4.98 Å². The number of pyridine rings is 1. The highest BCUT2D eigenvalue weighted by Gasteiger charge is 2.13. The third-order valence-corrected chi connectivity index (χ3v) is 3.59. The molecule has 0 aliphatic heterocycles. The van der Waals surface area contributed by atoms with Crippen LogP contribution in [0.25, 0.3) is 0 Å². The summed E-state index contributed by atoms with van der Waals surface area (Å²) in [6, 6.07) is 1.50. The molecule has 0 bridgehead atoms. The van der Waals surface area contributed by atoms with E-state index >= 15 is 0 Å². The highest BCUT2D eigenvalue weighted by atomic mass is 79.9. The van der Waals surface area contributed by atoms with E-state index in [0.717, 1.165) is 0 Å². The molecular weight excluding hydrogens is 296 g/mol. The standard InChI is InChI=1S/C9H13BrN2O3S/c1-2-15-4-3-12-16(13,14)9-5-8(10)6-11-7-9/h5-7,12H,2-4H2,1H3. The third-order valence-electron chi connectivity index (χ3n) is 1.73. The maximum absolute atomic E-state index is 11.7. The molecule has 0 saturated carbocycles. The number of nitrogens with zero attached hydrogens (tertiary/aromatic N) is 1. The Morgan fingerprint density at radius 1 is 1.50 bits per heavy atom. The Hall–Kier alpha value is -0.500. The molecule has 0 fully saturated rings. The van der Waals surface area contributed by atoms with Crippen LogP contribution in [0.15, 0.2) is 27.8 Å². The van der Waals surface area contributed by atoms with Crippen molar-refractivity contribution in [3.8, 4) is 0 Å². The van der Waals surface area contributed by atoms with E-state index in [2.05, 4.69) is 25.6 Å². The fourth-order valence-electron chi connectivity index (χ4n) is 1.02. The van der Waals surface area contributed by atoms with Crippen molar-refractivity contribution in [1.29, 1.82) is 0 Å². The molecular formula is C9H13BrN2O3S. The number of hydrogen-bond donors (Lipinski definition) is 1. The number of aromatic nitrogens is 1. The van der Waals surface area contributed by atoms with Crippen LogP contribution in [0.1, 0.15) is 6.92 Å². The molecule has 0 atom stereocenters. The summed E-state index contributed by atoms with van der Waals surface area (Å²) in [5, 5.41) is 0. The zero-order valence-electron chi connectivity index (χ0n) is 8.81. The molecule has 1 heterocycles. The summed E-state index contributed by atoms with van der Waals surface area (Å²) < 4.78 is 31.5. The Bertz CT molecular complexity index is 436. The van der Waals surface area contributed by atoms with Crippen molar-refractivity contribution >= 4 is 26.0 Å². The highest BCUT2D eigenvalue weighted by molar-refractivity contribution is 9.10. The minimum atomic E-state index is -3.49. The molecule has 0 radical (unpaired) electrons. The van der Waals surface area contributed by atoms with Crippen LogP contribution in [-0.4, -0.2) is 33.2 Å². The summed E-state index contributed by atoms with van der Waals surface area (Å²) in [4.78, 5) is 3.93. The maximum atomic E-state index is 11.7. The minimum Gasteiger partial charge on any atom is -0.380 e. The summed E-state index contributed by atoms with van der Waals surface area (Å²) in [5.41, 5.74) is 0. The largest absolute Gasteiger partial charge is 0.380 e. The molecule has 1 aromatic heterocycles. The first kappa shape index (κ1) is 13.6. The van der Waals surface area contributed by atoms with E-state index in [-0.39, 0.29) is 11.4 Å². The second-order valence-electron chi connectivity index (χ2n) is 2.93. The van der Waals surface area contributed by atoms with Gasteiger partial charge in [0.1, 0.15) is 4.90 Å². The smallest absolute Gasteiger partial charge is 0.242 e. The lowest BCUT2D eigenvalue weighted by atomic mass is 10.5. The van der Waals surface area contributed by atoms with Gasteiger partial charge >= 0.3 is 0 Å². The quantitative estimate of drug-likeness (QED) is 0.801. The highest BCUT2D eigenvalue weighted by Crippen LogP contribution is 2.13. The molecule has 0 aliphatic carbocycles. The van der Waals surface area contributed by atoms with Crippen molar-refractivity contribution in [2.24, 2.45) is 0 Å². The van der Waals surface area contributed by atoms with Crippen LogP contribution in [0.5, 0.6) is 0 Å². The normalized spacial score (nSPS) is 11.6. The topological polar surface area (TPSA) is 68.3 Å². The van der Waals surface area contributed by atoms with Gasteiger partial charge in [0, 0.05) is 30.0 Å². The molecule has 0 amide bonds. The molecule has 0 spiro atoms. The predicted molar refractivity (Wildman–Crippen MR) is 63.6 cm³/mol. The average Bonchev–Trinajstić information content (AvgIpc) is 2.24. The van der Waals surface area contributed by atoms with Crippen LogP contribution in [0.3, 0.4) is 0 Å². The lowest BCUT2D eigenvalue weighted by molar-refractivity contribution is 0.153. The van der Waals surface area contributed by atoms with E-state index in [0.29, 0.717) is 17.7 Å². The fourth-order valence-corrected chi connectivity index (χ4v) is 2.53. The molecule has 0 aromatic carbocycles. The van der Waals surface area contributed by atoms with Crippen molar-refractivity contribution in [3.05, 3.63) is 22.9 Å². The van der Waals surface area contributed by atoms with Gasteiger partial charge in [-0.25, -0.2) is 13.1 Å². The monoisotopic (exact) mass is 308 g/mol. The van der Waals surface area contributed by atoms with Crippen molar-refractivity contribution < 1.29 is 13.2 Å². The number of ether oxygens (including phenoxy) is 1. The Morgan fingerprint density at radius 3 is 2.88 bits per heavy atom. The van der Waals surface area contributed by atoms with Crippen LogP contribution in [0, 0.1) is 0 Å². The van der Waals surface area contributed by atoms with Crippen molar-refractivity contribution in [2.75, 3.05) is 19.8 Å². The number of nitrogens with one attached hydrogen (secondary N) is 1. The molecule has 5 nitrogen and oxygen atoms in total. The van der Waals surface area contributed by atoms with Gasteiger partial charge in [-0.2, -0.15) is 0 Å². The summed E-state index contributed by atoms with van der Waals surface area (Å²) in [7, 11) is -3.49. The van der Waals surface area contributed by atoms with Gasteiger partial charge in [-0.15, -0.1) is 0 Å². The number of sulfonamides is 1. The Kier molecular flexibility index (Phi) is 5.33. The Morgan fingerprint density at radius 2 is 2.25 bits per heavy atom. The van der Waals surface area contributed by atoms with Crippen LogP contribution in [-0.2, 0) is 14.8 Å². The zero-order valence-corrected chi connectivity index (χ0v) is 11.2. The van der Waals surface area contributed by atoms with E-state index in [4.69, 9.17) is 4.74 Å². The molecule has 0 saturated heterocycles.